The van der Waals surface area contributed by atoms with Crippen molar-refractivity contribution < 1.29 is 13.6 Å². The summed E-state index contributed by atoms with van der Waals surface area (Å²) in [4.78, 5) is 17.9. The van der Waals surface area contributed by atoms with Crippen molar-refractivity contribution in [2.24, 2.45) is 23.2 Å². The number of halogens is 2. The van der Waals surface area contributed by atoms with Crippen molar-refractivity contribution in [3.8, 4) is 11.3 Å². The number of rotatable bonds is 4. The molecule has 3 saturated heterocycles. The van der Waals surface area contributed by atoms with Crippen LogP contribution in [0.1, 0.15) is 57.9 Å². The number of nitrogens with zero attached hydrogens (tertiary/aromatic N) is 4. The molecule has 4 aliphatic rings. The fraction of sp³-hybridized carbons (Fsp3) is 0.621. The fourth-order valence-electron chi connectivity index (χ4n) is 7.86. The SMILES string of the molecule is Cc1ccccc1-c1ccc(N2CCCC(C(=O)N3C4CCC3CC3(C4)C(C(C)C)C3(F)F)C2)nn1. The molecule has 4 heterocycles. The van der Waals surface area contributed by atoms with E-state index in [9.17, 15) is 13.6 Å². The van der Waals surface area contributed by atoms with Gasteiger partial charge in [-0.25, -0.2) is 8.78 Å². The van der Waals surface area contributed by atoms with Gasteiger partial charge in [0.05, 0.1) is 11.6 Å². The Morgan fingerprint density at radius 3 is 2.36 bits per heavy atom. The highest BCUT2D eigenvalue weighted by molar-refractivity contribution is 5.81. The highest BCUT2D eigenvalue weighted by Gasteiger charge is 2.82. The molecule has 4 atom stereocenters. The number of aromatic nitrogens is 2. The maximum Gasteiger partial charge on any atom is 0.258 e. The molecule has 4 fully saturated rings. The Morgan fingerprint density at radius 1 is 1.03 bits per heavy atom. The summed E-state index contributed by atoms with van der Waals surface area (Å²) in [5.41, 5.74) is 2.20. The van der Waals surface area contributed by atoms with Crippen LogP contribution in [0.2, 0.25) is 0 Å². The average molecular weight is 495 g/mol. The van der Waals surface area contributed by atoms with Crippen molar-refractivity contribution in [1.29, 1.82) is 0 Å². The van der Waals surface area contributed by atoms with E-state index in [4.69, 9.17) is 0 Å². The molecule has 1 saturated carbocycles. The topological polar surface area (TPSA) is 49.3 Å². The van der Waals surface area contributed by atoms with Crippen LogP contribution in [0.15, 0.2) is 36.4 Å². The fourth-order valence-corrected chi connectivity index (χ4v) is 7.86. The van der Waals surface area contributed by atoms with Gasteiger partial charge in [-0.3, -0.25) is 4.79 Å². The minimum absolute atomic E-state index is 0.0214. The largest absolute Gasteiger partial charge is 0.354 e. The first kappa shape index (κ1) is 23.8. The Bertz CT molecular complexity index is 1140. The number of carbonyl (C=O) groups excluding carboxylic acids is 1. The summed E-state index contributed by atoms with van der Waals surface area (Å²) in [5.74, 6) is -2.29. The minimum atomic E-state index is -2.58. The van der Waals surface area contributed by atoms with Gasteiger partial charge in [-0.1, -0.05) is 38.1 Å². The molecule has 3 aliphatic heterocycles. The summed E-state index contributed by atoms with van der Waals surface area (Å²) in [6, 6.07) is 12.1. The number of piperidine rings is 2. The van der Waals surface area contributed by atoms with Crippen LogP contribution in [0.3, 0.4) is 0 Å². The molecule has 5 nitrogen and oxygen atoms in total. The van der Waals surface area contributed by atoms with Crippen molar-refractivity contribution in [1.82, 2.24) is 15.1 Å². The molecule has 1 aromatic heterocycles. The lowest BCUT2D eigenvalue weighted by Gasteiger charge is -2.43. The number of alkyl halides is 2. The summed E-state index contributed by atoms with van der Waals surface area (Å²) in [7, 11) is 0. The third kappa shape index (κ3) is 3.56. The van der Waals surface area contributed by atoms with E-state index in [-0.39, 0.29) is 29.8 Å². The lowest BCUT2D eigenvalue weighted by Crippen LogP contribution is -2.53. The van der Waals surface area contributed by atoms with Crippen LogP contribution in [0, 0.1) is 30.1 Å². The number of anilines is 1. The molecule has 192 valence electrons. The molecular weight excluding hydrogens is 458 g/mol. The summed E-state index contributed by atoms with van der Waals surface area (Å²) in [6.07, 6.45) is 4.41. The highest BCUT2D eigenvalue weighted by Crippen LogP contribution is 2.75. The molecule has 2 aromatic rings. The number of amides is 1. The van der Waals surface area contributed by atoms with Crippen molar-refractivity contribution in [3.05, 3.63) is 42.0 Å². The van der Waals surface area contributed by atoms with E-state index in [1.54, 1.807) is 0 Å². The number of hydrogen-bond donors (Lipinski definition) is 0. The molecule has 36 heavy (non-hydrogen) atoms. The average Bonchev–Trinajstić information content (AvgIpc) is 3.19. The second-order valence-corrected chi connectivity index (χ2v) is 11.9. The highest BCUT2D eigenvalue weighted by atomic mass is 19.3. The second-order valence-electron chi connectivity index (χ2n) is 11.9. The number of carbonyl (C=O) groups is 1. The standard InChI is InChI=1S/C29H36F2N4O/c1-18(2)26-28(29(26,30)31)15-21-10-11-22(16-28)35(21)27(36)20-8-6-14-34(17-20)25-13-12-24(32-33-25)23-9-5-4-7-19(23)3/h4-5,7,9,12-13,18,20-22,26H,6,8,10-11,14-17H2,1-3H3. The Morgan fingerprint density at radius 2 is 1.75 bits per heavy atom. The van der Waals surface area contributed by atoms with Crippen LogP contribution in [0.25, 0.3) is 11.3 Å². The molecule has 7 heteroatoms. The van der Waals surface area contributed by atoms with Crippen LogP contribution >= 0.6 is 0 Å². The van der Waals surface area contributed by atoms with Crippen LogP contribution in [0.5, 0.6) is 0 Å². The van der Waals surface area contributed by atoms with Gasteiger partial charge in [0.2, 0.25) is 5.91 Å². The Labute approximate surface area is 212 Å². The molecule has 2 bridgehead atoms. The van der Waals surface area contributed by atoms with Gasteiger partial charge in [-0.2, -0.15) is 0 Å². The van der Waals surface area contributed by atoms with Crippen molar-refractivity contribution in [2.75, 3.05) is 18.0 Å². The van der Waals surface area contributed by atoms with E-state index >= 15 is 0 Å². The first-order valence-corrected chi connectivity index (χ1v) is 13.6. The van der Waals surface area contributed by atoms with Gasteiger partial charge in [-0.05, 0) is 69.1 Å². The van der Waals surface area contributed by atoms with E-state index in [2.05, 4.69) is 28.1 Å². The summed E-state index contributed by atoms with van der Waals surface area (Å²) in [6.45, 7) is 7.36. The van der Waals surface area contributed by atoms with Crippen LogP contribution in [0.4, 0.5) is 14.6 Å². The zero-order valence-electron chi connectivity index (χ0n) is 21.5. The Hall–Kier alpha value is -2.57. The Balaban J connectivity index is 1.15. The molecule has 4 unspecified atom stereocenters. The zero-order valence-corrected chi connectivity index (χ0v) is 21.5. The molecule has 1 spiro atoms. The van der Waals surface area contributed by atoms with Gasteiger partial charge < -0.3 is 9.80 Å². The van der Waals surface area contributed by atoms with Gasteiger partial charge in [-0.15, -0.1) is 10.2 Å². The van der Waals surface area contributed by atoms with Crippen LogP contribution in [-0.2, 0) is 4.79 Å². The first-order valence-electron chi connectivity index (χ1n) is 13.6. The lowest BCUT2D eigenvalue weighted by atomic mass is 9.82. The number of benzene rings is 1. The van der Waals surface area contributed by atoms with Gasteiger partial charge in [0, 0.05) is 42.1 Å². The quantitative estimate of drug-likeness (QED) is 0.545. The van der Waals surface area contributed by atoms with Gasteiger partial charge in [0.25, 0.3) is 5.92 Å². The Kier molecular flexibility index (Phi) is 5.61. The predicted octanol–water partition coefficient (Wildman–Crippen LogP) is 5.73. The van der Waals surface area contributed by atoms with Crippen molar-refractivity contribution in [2.45, 2.75) is 77.3 Å². The minimum Gasteiger partial charge on any atom is -0.354 e. The van der Waals surface area contributed by atoms with Gasteiger partial charge in [0.1, 0.15) is 0 Å². The van der Waals surface area contributed by atoms with E-state index in [1.165, 1.54) is 0 Å². The van der Waals surface area contributed by atoms with Crippen LogP contribution in [-0.4, -0.2) is 52.1 Å². The van der Waals surface area contributed by atoms with Gasteiger partial charge in [0.15, 0.2) is 5.82 Å². The number of hydrogen-bond acceptors (Lipinski definition) is 4. The molecule has 1 amide bonds. The van der Waals surface area contributed by atoms with E-state index in [0.717, 1.165) is 54.9 Å². The number of aryl methyl sites for hydroxylation is 1. The molecule has 1 aromatic carbocycles. The molecular formula is C29H36F2N4O. The summed E-state index contributed by atoms with van der Waals surface area (Å²) < 4.78 is 29.8. The van der Waals surface area contributed by atoms with Crippen molar-refractivity contribution in [3.63, 3.8) is 0 Å². The van der Waals surface area contributed by atoms with E-state index in [1.807, 2.05) is 49.1 Å². The molecule has 0 N–H and O–H groups in total. The lowest BCUT2D eigenvalue weighted by molar-refractivity contribution is -0.142. The monoisotopic (exact) mass is 494 g/mol. The maximum atomic E-state index is 14.9. The summed E-state index contributed by atoms with van der Waals surface area (Å²) >= 11 is 0. The van der Waals surface area contributed by atoms with Gasteiger partial charge >= 0.3 is 0 Å². The predicted molar refractivity (Wildman–Crippen MR) is 136 cm³/mol. The smallest absolute Gasteiger partial charge is 0.258 e. The first-order chi connectivity index (χ1) is 17.2. The van der Waals surface area contributed by atoms with Crippen LogP contribution < -0.4 is 4.90 Å². The van der Waals surface area contributed by atoms with E-state index < -0.39 is 17.3 Å². The normalized spacial score (nSPS) is 32.8. The van der Waals surface area contributed by atoms with Crippen molar-refractivity contribution >= 4 is 11.7 Å². The number of fused-ring (bicyclic) bond motifs is 2. The zero-order chi connectivity index (χ0) is 25.2. The third-order valence-electron chi connectivity index (χ3n) is 9.47. The summed E-state index contributed by atoms with van der Waals surface area (Å²) in [5, 5.41) is 8.98. The maximum absolute atomic E-state index is 14.9. The molecule has 0 radical (unpaired) electrons. The molecule has 1 aliphatic carbocycles. The second kappa shape index (κ2) is 8.49. The van der Waals surface area contributed by atoms with E-state index in [0.29, 0.717) is 19.4 Å². The third-order valence-corrected chi connectivity index (χ3v) is 9.47. The molecule has 6 rings (SSSR count).